The van der Waals surface area contributed by atoms with Gasteiger partial charge in [0.1, 0.15) is 0 Å². The number of hydrogen-bond donors (Lipinski definition) is 0. The first-order valence-corrected chi connectivity index (χ1v) is 9.11. The Labute approximate surface area is 150 Å². The van der Waals surface area contributed by atoms with Crippen molar-refractivity contribution in [1.29, 1.82) is 0 Å². The minimum absolute atomic E-state index is 0.0894. The fraction of sp³-hybridized carbons (Fsp3) is 0.579. The fourth-order valence-electron chi connectivity index (χ4n) is 3.40. The van der Waals surface area contributed by atoms with Crippen LogP contribution in [0.15, 0.2) is 24.3 Å². The number of hydrogen-bond acceptors (Lipinski definition) is 4. The Balaban J connectivity index is 1.54. The molecule has 1 aromatic rings. The summed E-state index contributed by atoms with van der Waals surface area (Å²) < 4.78 is 0. The summed E-state index contributed by atoms with van der Waals surface area (Å²) in [5.41, 5.74) is 1.60. The third kappa shape index (κ3) is 4.38. The van der Waals surface area contributed by atoms with Crippen LogP contribution in [0.25, 0.3) is 0 Å². The molecule has 0 aromatic heterocycles. The molecule has 3 rings (SSSR count). The van der Waals surface area contributed by atoms with Crippen molar-refractivity contribution in [1.82, 2.24) is 14.7 Å². The predicted octanol–water partition coefficient (Wildman–Crippen LogP) is 1.13. The lowest BCUT2D eigenvalue weighted by atomic mass is 10.1. The minimum Gasteiger partial charge on any atom is -0.336 e. The van der Waals surface area contributed by atoms with Gasteiger partial charge in [-0.15, -0.1) is 0 Å². The molecule has 2 fully saturated rings. The van der Waals surface area contributed by atoms with Crippen LogP contribution in [0.1, 0.15) is 23.2 Å². The highest BCUT2D eigenvalue weighted by Gasteiger charge is 2.24. The Bertz CT molecular complexity index is 606. The first-order valence-electron chi connectivity index (χ1n) is 9.11. The van der Waals surface area contributed by atoms with E-state index in [9.17, 15) is 9.59 Å². The van der Waals surface area contributed by atoms with E-state index < -0.39 is 0 Å². The van der Waals surface area contributed by atoms with Crippen molar-refractivity contribution >= 4 is 17.5 Å². The van der Waals surface area contributed by atoms with Gasteiger partial charge in [-0.25, -0.2) is 0 Å². The molecule has 0 unspecified atom stereocenters. The van der Waals surface area contributed by atoms with Crippen molar-refractivity contribution in [2.75, 3.05) is 64.8 Å². The largest absolute Gasteiger partial charge is 0.336 e. The molecule has 2 amide bonds. The van der Waals surface area contributed by atoms with Crippen molar-refractivity contribution < 1.29 is 9.59 Å². The molecule has 0 atom stereocenters. The highest BCUT2D eigenvalue weighted by atomic mass is 16.2. The van der Waals surface area contributed by atoms with Crippen LogP contribution in [0.2, 0.25) is 0 Å². The van der Waals surface area contributed by atoms with E-state index in [1.54, 1.807) is 4.90 Å². The zero-order valence-corrected chi connectivity index (χ0v) is 15.3. The Hall–Kier alpha value is -1.92. The molecule has 2 aliphatic rings. The lowest BCUT2D eigenvalue weighted by Gasteiger charge is -2.35. The zero-order chi connectivity index (χ0) is 17.8. The minimum atomic E-state index is 0.0894. The fourth-order valence-corrected chi connectivity index (χ4v) is 3.40. The number of anilines is 1. The number of piperazine rings is 1. The van der Waals surface area contributed by atoms with Crippen molar-refractivity contribution in [3.8, 4) is 0 Å². The van der Waals surface area contributed by atoms with Crippen LogP contribution in [-0.2, 0) is 4.79 Å². The van der Waals surface area contributed by atoms with Crippen LogP contribution >= 0.6 is 0 Å². The second kappa shape index (κ2) is 7.97. The van der Waals surface area contributed by atoms with E-state index in [1.165, 1.54) is 0 Å². The van der Waals surface area contributed by atoms with Crippen LogP contribution in [0.5, 0.6) is 0 Å². The van der Waals surface area contributed by atoms with E-state index >= 15 is 0 Å². The van der Waals surface area contributed by atoms with Crippen LogP contribution < -0.4 is 4.90 Å². The molecular formula is C19H28N4O2. The summed E-state index contributed by atoms with van der Waals surface area (Å²) in [6.07, 6.45) is 1.54. The van der Waals surface area contributed by atoms with E-state index in [0.29, 0.717) is 12.0 Å². The van der Waals surface area contributed by atoms with E-state index in [4.69, 9.17) is 0 Å². The van der Waals surface area contributed by atoms with Gasteiger partial charge in [0.05, 0.1) is 0 Å². The normalized spacial score (nSPS) is 19.1. The number of amides is 2. The van der Waals surface area contributed by atoms with Crippen LogP contribution in [0.4, 0.5) is 5.69 Å². The van der Waals surface area contributed by atoms with Crippen molar-refractivity contribution in [3.63, 3.8) is 0 Å². The average molecular weight is 344 g/mol. The molecule has 0 bridgehead atoms. The van der Waals surface area contributed by atoms with Gasteiger partial charge < -0.3 is 14.7 Å². The van der Waals surface area contributed by atoms with Gasteiger partial charge in [0, 0.05) is 63.5 Å². The SMILES string of the molecule is CN(C)CCN1CCN(C(=O)c2ccc(N3CCCC3=O)cc2)CC1. The summed E-state index contributed by atoms with van der Waals surface area (Å²) in [4.78, 5) is 32.8. The predicted molar refractivity (Wildman–Crippen MR) is 98.9 cm³/mol. The Morgan fingerprint density at radius 3 is 2.28 bits per heavy atom. The summed E-state index contributed by atoms with van der Waals surface area (Å²) in [6.45, 7) is 6.29. The van der Waals surface area contributed by atoms with E-state index in [1.807, 2.05) is 29.2 Å². The summed E-state index contributed by atoms with van der Waals surface area (Å²) >= 11 is 0. The maximum atomic E-state index is 12.7. The molecular weight excluding hydrogens is 316 g/mol. The quantitative estimate of drug-likeness (QED) is 0.803. The first-order chi connectivity index (χ1) is 12.0. The van der Waals surface area contributed by atoms with Crippen LogP contribution in [-0.4, -0.2) is 86.4 Å². The van der Waals surface area contributed by atoms with Crippen LogP contribution in [0, 0.1) is 0 Å². The van der Waals surface area contributed by atoms with Gasteiger partial charge in [-0.3, -0.25) is 14.5 Å². The molecule has 6 nitrogen and oxygen atoms in total. The summed E-state index contributed by atoms with van der Waals surface area (Å²) in [5, 5.41) is 0. The smallest absolute Gasteiger partial charge is 0.253 e. The Morgan fingerprint density at radius 1 is 1.04 bits per heavy atom. The highest BCUT2D eigenvalue weighted by molar-refractivity contribution is 5.97. The molecule has 0 radical (unpaired) electrons. The maximum Gasteiger partial charge on any atom is 0.253 e. The second-order valence-electron chi connectivity index (χ2n) is 7.13. The second-order valence-corrected chi connectivity index (χ2v) is 7.13. The molecule has 136 valence electrons. The maximum absolute atomic E-state index is 12.7. The molecule has 0 spiro atoms. The van der Waals surface area contributed by atoms with Crippen LogP contribution in [0.3, 0.4) is 0 Å². The number of rotatable bonds is 5. The van der Waals surface area contributed by atoms with Gasteiger partial charge >= 0.3 is 0 Å². The lowest BCUT2D eigenvalue weighted by Crippen LogP contribution is -2.49. The van der Waals surface area contributed by atoms with Gasteiger partial charge in [0.2, 0.25) is 5.91 Å². The van der Waals surface area contributed by atoms with E-state index in [0.717, 1.165) is 57.9 Å². The molecule has 25 heavy (non-hydrogen) atoms. The molecule has 1 aromatic carbocycles. The molecule has 6 heteroatoms. The van der Waals surface area contributed by atoms with Gasteiger partial charge in [-0.05, 0) is 44.8 Å². The number of nitrogens with zero attached hydrogens (tertiary/aromatic N) is 4. The molecule has 0 saturated carbocycles. The standard InChI is InChI=1S/C19H28N4O2/c1-20(2)10-11-21-12-14-22(15-13-21)19(25)16-5-7-17(8-6-16)23-9-3-4-18(23)24/h5-8H,3-4,9-15H2,1-2H3. The number of likely N-dealkylation sites (N-methyl/N-ethyl adjacent to an activating group) is 1. The molecule has 0 N–H and O–H groups in total. The first kappa shape index (κ1) is 17.9. The van der Waals surface area contributed by atoms with E-state index in [-0.39, 0.29) is 11.8 Å². The Morgan fingerprint density at radius 2 is 1.72 bits per heavy atom. The van der Waals surface area contributed by atoms with Crippen molar-refractivity contribution in [2.24, 2.45) is 0 Å². The number of carbonyl (C=O) groups excluding carboxylic acids is 2. The van der Waals surface area contributed by atoms with Gasteiger partial charge in [0.15, 0.2) is 0 Å². The average Bonchev–Trinajstić information content (AvgIpc) is 3.06. The van der Waals surface area contributed by atoms with Gasteiger partial charge in [-0.1, -0.05) is 0 Å². The zero-order valence-electron chi connectivity index (χ0n) is 15.3. The number of carbonyl (C=O) groups is 2. The monoisotopic (exact) mass is 344 g/mol. The van der Waals surface area contributed by atoms with Gasteiger partial charge in [-0.2, -0.15) is 0 Å². The molecule has 2 saturated heterocycles. The number of benzene rings is 1. The molecule has 2 aliphatic heterocycles. The van der Waals surface area contributed by atoms with Gasteiger partial charge in [0.25, 0.3) is 5.91 Å². The summed E-state index contributed by atoms with van der Waals surface area (Å²) in [7, 11) is 4.16. The van der Waals surface area contributed by atoms with E-state index in [2.05, 4.69) is 23.9 Å². The summed E-state index contributed by atoms with van der Waals surface area (Å²) in [6, 6.07) is 7.48. The lowest BCUT2D eigenvalue weighted by molar-refractivity contribution is -0.117. The summed E-state index contributed by atoms with van der Waals surface area (Å²) in [5.74, 6) is 0.263. The highest BCUT2D eigenvalue weighted by Crippen LogP contribution is 2.22. The third-order valence-electron chi connectivity index (χ3n) is 5.02. The Kier molecular flexibility index (Phi) is 5.71. The molecule has 0 aliphatic carbocycles. The molecule has 2 heterocycles. The topological polar surface area (TPSA) is 47.1 Å². The van der Waals surface area contributed by atoms with Crippen molar-refractivity contribution in [3.05, 3.63) is 29.8 Å². The van der Waals surface area contributed by atoms with Crippen molar-refractivity contribution in [2.45, 2.75) is 12.8 Å². The third-order valence-corrected chi connectivity index (χ3v) is 5.02.